The first-order valence-electron chi connectivity index (χ1n) is 11.9. The summed E-state index contributed by atoms with van der Waals surface area (Å²) in [6.07, 6.45) is 0.585. The van der Waals surface area contributed by atoms with Crippen LogP contribution < -0.4 is 9.47 Å². The summed E-state index contributed by atoms with van der Waals surface area (Å²) in [7, 11) is 0. The molecule has 0 amide bonds. The minimum absolute atomic E-state index is 0.107. The molecule has 3 aromatic rings. The monoisotopic (exact) mass is 628 g/mol. The van der Waals surface area contributed by atoms with Crippen molar-refractivity contribution in [2.45, 2.75) is 46.5 Å². The number of ether oxygens (including phenoxy) is 2. The summed E-state index contributed by atoms with van der Waals surface area (Å²) >= 11 is 7.01. The molecular weight excluding hydrogens is 600 g/mol. The molecule has 37 heavy (non-hydrogen) atoms. The van der Waals surface area contributed by atoms with Gasteiger partial charge in [-0.05, 0) is 87.5 Å². The van der Waals surface area contributed by atoms with Crippen LogP contribution in [0.15, 0.2) is 69.6 Å². The van der Waals surface area contributed by atoms with Crippen molar-refractivity contribution in [3.63, 3.8) is 0 Å². The van der Waals surface area contributed by atoms with E-state index in [1.54, 1.807) is 24.3 Å². The van der Waals surface area contributed by atoms with Crippen LogP contribution in [0, 0.1) is 6.92 Å². The van der Waals surface area contributed by atoms with Crippen molar-refractivity contribution in [3.05, 3.63) is 97.4 Å². The fourth-order valence-corrected chi connectivity index (χ4v) is 5.23. The molecule has 0 radical (unpaired) electrons. The standard InChI is InChI=1S/C30H30Br2O5/c1-17(2)9-10-36-26-16-23(29(35)21-8-6-7-19(5)11-21)27(15-22(26)18(3)4)37-30-24(31)12-20(13-25(30)32)14-28(33)34/h6-8,11-13,15-16,18H,1,9-10,14H2,2-5H3,(H,33,34). The van der Waals surface area contributed by atoms with Gasteiger partial charge in [-0.3, -0.25) is 9.59 Å². The molecule has 0 aliphatic rings. The Balaban J connectivity index is 2.14. The normalized spacial score (nSPS) is 10.9. The van der Waals surface area contributed by atoms with Crippen LogP contribution in [0.5, 0.6) is 17.2 Å². The Kier molecular flexibility index (Phi) is 9.74. The smallest absolute Gasteiger partial charge is 0.307 e. The molecule has 0 aliphatic heterocycles. The highest BCUT2D eigenvalue weighted by Crippen LogP contribution is 2.42. The molecule has 0 bridgehead atoms. The molecule has 0 spiro atoms. The maximum absolute atomic E-state index is 13.7. The molecule has 194 valence electrons. The van der Waals surface area contributed by atoms with Crippen LogP contribution in [0.4, 0.5) is 0 Å². The third-order valence-corrected chi connectivity index (χ3v) is 6.85. The first-order valence-corrected chi connectivity index (χ1v) is 13.5. The maximum atomic E-state index is 13.7. The van der Waals surface area contributed by atoms with Gasteiger partial charge >= 0.3 is 5.97 Å². The number of hydrogen-bond acceptors (Lipinski definition) is 4. The van der Waals surface area contributed by atoms with Crippen LogP contribution in [0.1, 0.15) is 65.7 Å². The van der Waals surface area contributed by atoms with E-state index >= 15 is 0 Å². The van der Waals surface area contributed by atoms with Crippen LogP contribution in [0.3, 0.4) is 0 Å². The zero-order valence-electron chi connectivity index (χ0n) is 21.4. The van der Waals surface area contributed by atoms with Gasteiger partial charge in [0.15, 0.2) is 11.5 Å². The van der Waals surface area contributed by atoms with Crippen LogP contribution >= 0.6 is 31.9 Å². The van der Waals surface area contributed by atoms with Gasteiger partial charge in [0, 0.05) is 17.5 Å². The lowest BCUT2D eigenvalue weighted by molar-refractivity contribution is -0.136. The Hall–Kier alpha value is -2.90. The van der Waals surface area contributed by atoms with Crippen molar-refractivity contribution in [1.29, 1.82) is 0 Å². The molecule has 0 aromatic heterocycles. The van der Waals surface area contributed by atoms with Gasteiger partial charge in [0.1, 0.15) is 11.5 Å². The molecule has 0 unspecified atom stereocenters. The fraction of sp³-hybridized carbons (Fsp3) is 0.267. The first kappa shape index (κ1) is 28.7. The number of benzene rings is 3. The summed E-state index contributed by atoms with van der Waals surface area (Å²) in [6.45, 7) is 12.4. The molecule has 0 fully saturated rings. The molecule has 7 heteroatoms. The molecule has 0 saturated carbocycles. The Morgan fingerprint density at radius 3 is 2.27 bits per heavy atom. The molecule has 0 saturated heterocycles. The number of carboxylic acids is 1. The zero-order chi connectivity index (χ0) is 27.3. The summed E-state index contributed by atoms with van der Waals surface area (Å²) in [5.41, 5.74) is 4.43. The number of aliphatic carboxylic acids is 1. The van der Waals surface area contributed by atoms with E-state index in [0.29, 0.717) is 55.9 Å². The van der Waals surface area contributed by atoms with Crippen LogP contribution in [-0.4, -0.2) is 23.5 Å². The number of rotatable bonds is 11. The molecule has 1 N–H and O–H groups in total. The van der Waals surface area contributed by atoms with Crippen LogP contribution in [0.2, 0.25) is 0 Å². The number of carbonyl (C=O) groups is 2. The lowest BCUT2D eigenvalue weighted by atomic mass is 9.95. The van der Waals surface area contributed by atoms with Crippen LogP contribution in [-0.2, 0) is 11.2 Å². The van der Waals surface area contributed by atoms with Crippen LogP contribution in [0.25, 0.3) is 0 Å². The summed E-state index contributed by atoms with van der Waals surface area (Å²) in [5, 5.41) is 9.16. The zero-order valence-corrected chi connectivity index (χ0v) is 24.5. The lowest BCUT2D eigenvalue weighted by Gasteiger charge is -2.20. The highest BCUT2D eigenvalue weighted by Gasteiger charge is 2.23. The van der Waals surface area contributed by atoms with Crippen molar-refractivity contribution < 1.29 is 24.2 Å². The van der Waals surface area contributed by atoms with Crippen molar-refractivity contribution in [1.82, 2.24) is 0 Å². The second-order valence-corrected chi connectivity index (χ2v) is 11.1. The molecular formula is C30H30Br2O5. The minimum Gasteiger partial charge on any atom is -0.493 e. The summed E-state index contributed by atoms with van der Waals surface area (Å²) < 4.78 is 13.6. The number of carbonyl (C=O) groups excluding carboxylic acids is 1. The summed E-state index contributed by atoms with van der Waals surface area (Å²) in [5.74, 6) is 0.452. The van der Waals surface area contributed by atoms with E-state index in [9.17, 15) is 9.59 Å². The highest BCUT2D eigenvalue weighted by molar-refractivity contribution is 9.11. The average molecular weight is 630 g/mol. The predicted molar refractivity (Wildman–Crippen MR) is 153 cm³/mol. The molecule has 3 rings (SSSR count). The third kappa shape index (κ3) is 7.55. The molecule has 0 atom stereocenters. The molecule has 0 aliphatic carbocycles. The number of hydrogen-bond donors (Lipinski definition) is 1. The minimum atomic E-state index is -0.928. The van der Waals surface area contributed by atoms with Gasteiger partial charge in [-0.2, -0.15) is 0 Å². The predicted octanol–water partition coefficient (Wildman–Crippen LogP) is 8.64. The van der Waals surface area contributed by atoms with Gasteiger partial charge in [-0.25, -0.2) is 0 Å². The Labute approximate surface area is 234 Å². The van der Waals surface area contributed by atoms with Gasteiger partial charge < -0.3 is 14.6 Å². The fourth-order valence-electron chi connectivity index (χ4n) is 3.79. The Morgan fingerprint density at radius 2 is 1.70 bits per heavy atom. The van der Waals surface area contributed by atoms with Gasteiger partial charge in [0.2, 0.25) is 0 Å². The van der Waals surface area contributed by atoms with Gasteiger partial charge in [0.05, 0.1) is 27.5 Å². The second kappa shape index (κ2) is 12.6. The molecule has 0 heterocycles. The van der Waals surface area contributed by atoms with E-state index in [-0.39, 0.29) is 18.1 Å². The van der Waals surface area contributed by atoms with Crippen molar-refractivity contribution in [2.75, 3.05) is 6.61 Å². The van der Waals surface area contributed by atoms with E-state index < -0.39 is 5.97 Å². The third-order valence-electron chi connectivity index (χ3n) is 5.67. The van der Waals surface area contributed by atoms with E-state index in [4.69, 9.17) is 14.6 Å². The van der Waals surface area contributed by atoms with Crippen molar-refractivity contribution in [2.24, 2.45) is 0 Å². The van der Waals surface area contributed by atoms with E-state index in [2.05, 4.69) is 52.3 Å². The number of carboxylic acid groups (broad SMARTS) is 1. The van der Waals surface area contributed by atoms with Crippen molar-refractivity contribution >= 4 is 43.6 Å². The number of halogens is 2. The molecule has 5 nitrogen and oxygen atoms in total. The van der Waals surface area contributed by atoms with Gasteiger partial charge in [-0.15, -0.1) is 6.58 Å². The Bertz CT molecular complexity index is 1320. The van der Waals surface area contributed by atoms with E-state index in [0.717, 1.165) is 16.7 Å². The lowest BCUT2D eigenvalue weighted by Crippen LogP contribution is -2.09. The van der Waals surface area contributed by atoms with Crippen molar-refractivity contribution in [3.8, 4) is 17.2 Å². The number of ketones is 1. The Morgan fingerprint density at radius 1 is 1.03 bits per heavy atom. The van der Waals surface area contributed by atoms with E-state index in [1.165, 1.54) is 0 Å². The van der Waals surface area contributed by atoms with E-state index in [1.807, 2.05) is 38.1 Å². The maximum Gasteiger partial charge on any atom is 0.307 e. The largest absolute Gasteiger partial charge is 0.493 e. The highest BCUT2D eigenvalue weighted by atomic mass is 79.9. The average Bonchev–Trinajstić information content (AvgIpc) is 2.80. The SMILES string of the molecule is C=C(C)CCOc1cc(C(=O)c2cccc(C)c2)c(Oc2c(Br)cc(CC(=O)O)cc2Br)cc1C(C)C. The summed E-state index contributed by atoms with van der Waals surface area (Å²) in [6, 6.07) is 14.4. The molecule has 3 aromatic carbocycles. The first-order chi connectivity index (χ1) is 17.5. The van der Waals surface area contributed by atoms with Gasteiger partial charge in [0.25, 0.3) is 0 Å². The summed E-state index contributed by atoms with van der Waals surface area (Å²) in [4.78, 5) is 24.9. The second-order valence-electron chi connectivity index (χ2n) is 9.36. The number of aryl methyl sites for hydroxylation is 1. The topological polar surface area (TPSA) is 72.8 Å². The van der Waals surface area contributed by atoms with Gasteiger partial charge in [-0.1, -0.05) is 43.2 Å². The quantitative estimate of drug-likeness (QED) is 0.170.